The molecule has 0 heterocycles. The first kappa shape index (κ1) is 27.1. The molecule has 0 radical (unpaired) electrons. The molecule has 0 aliphatic rings. The van der Waals surface area contributed by atoms with Gasteiger partial charge in [0.1, 0.15) is 0 Å². The molecule has 200 valence electrons. The predicted molar refractivity (Wildman–Crippen MR) is 179 cm³/mol. The molecular formula is C36H32O2Si3. The zero-order valence-corrected chi connectivity index (χ0v) is 26.3. The van der Waals surface area contributed by atoms with E-state index in [1.54, 1.807) is 0 Å². The Labute approximate surface area is 247 Å². The molecule has 0 aliphatic heterocycles. The molecule has 2 nitrogen and oxygen atoms in total. The van der Waals surface area contributed by atoms with E-state index >= 15 is 0 Å². The Bertz CT molecular complexity index is 1500. The Hall–Kier alpha value is -4.11. The maximum absolute atomic E-state index is 8.07. The van der Waals surface area contributed by atoms with Gasteiger partial charge in [-0.3, -0.25) is 0 Å². The lowest BCUT2D eigenvalue weighted by molar-refractivity contribution is 0.442. The molecule has 6 rings (SSSR count). The predicted octanol–water partition coefficient (Wildman–Crippen LogP) is 3.35. The molecule has 0 aromatic heterocycles. The first-order valence-corrected chi connectivity index (χ1v) is 19.0. The van der Waals surface area contributed by atoms with E-state index in [2.05, 4.69) is 182 Å². The van der Waals surface area contributed by atoms with E-state index < -0.39 is 26.6 Å². The van der Waals surface area contributed by atoms with Crippen molar-refractivity contribution in [2.75, 3.05) is 0 Å². The molecule has 5 heteroatoms. The van der Waals surface area contributed by atoms with E-state index in [0.29, 0.717) is 0 Å². The van der Waals surface area contributed by atoms with E-state index in [-0.39, 0.29) is 0 Å². The Morgan fingerprint density at radius 1 is 0.341 bits per heavy atom. The van der Waals surface area contributed by atoms with Crippen molar-refractivity contribution in [3.8, 4) is 0 Å². The number of hydrogen-bond acceptors (Lipinski definition) is 2. The van der Waals surface area contributed by atoms with Crippen LogP contribution in [0.2, 0.25) is 0 Å². The monoisotopic (exact) mass is 580 g/mol. The first-order chi connectivity index (χ1) is 20.3. The van der Waals surface area contributed by atoms with E-state index in [0.717, 1.165) is 10.4 Å². The zero-order valence-electron chi connectivity index (χ0n) is 22.8. The number of hydrogen-bond donors (Lipinski definition) is 0. The molecule has 0 bridgehead atoms. The van der Waals surface area contributed by atoms with Crippen LogP contribution in [0.25, 0.3) is 0 Å². The van der Waals surface area contributed by atoms with Crippen molar-refractivity contribution < 1.29 is 8.23 Å². The average Bonchev–Trinajstić information content (AvgIpc) is 3.08. The summed E-state index contributed by atoms with van der Waals surface area (Å²) in [6.07, 6.45) is 0. The molecule has 0 spiro atoms. The van der Waals surface area contributed by atoms with Crippen LogP contribution in [0.15, 0.2) is 182 Å². The minimum absolute atomic E-state index is 1.12. The van der Waals surface area contributed by atoms with E-state index in [1.165, 1.54) is 20.7 Å². The smallest absolute Gasteiger partial charge is 0.387 e. The number of rotatable bonds is 10. The molecule has 0 unspecified atom stereocenters. The standard InChI is InChI=1S/C36H32O2Si3/c1-7-19-31(20-8-1)39-37-41(35-27-15-5-16-28-35,36-29-17-6-18-30-36)38-40(32-21-9-2-10-22-32,33-23-11-3-12-24-33)34-25-13-4-14-26-34/h1-30H,39H2. The third-order valence-electron chi connectivity index (χ3n) is 7.43. The van der Waals surface area contributed by atoms with E-state index in [4.69, 9.17) is 8.23 Å². The van der Waals surface area contributed by atoms with Gasteiger partial charge < -0.3 is 8.23 Å². The van der Waals surface area contributed by atoms with Crippen LogP contribution in [0.1, 0.15) is 0 Å². The van der Waals surface area contributed by atoms with Crippen LogP contribution in [0.3, 0.4) is 0 Å². The topological polar surface area (TPSA) is 18.5 Å². The molecule has 0 fully saturated rings. The lowest BCUT2D eigenvalue weighted by Crippen LogP contribution is -2.78. The van der Waals surface area contributed by atoms with Crippen molar-refractivity contribution in [2.45, 2.75) is 0 Å². The Morgan fingerprint density at radius 2 is 0.634 bits per heavy atom. The van der Waals surface area contributed by atoms with Gasteiger partial charge >= 0.3 is 8.56 Å². The van der Waals surface area contributed by atoms with Crippen molar-refractivity contribution in [2.24, 2.45) is 0 Å². The molecular weight excluding hydrogens is 549 g/mol. The highest BCUT2D eigenvalue weighted by Crippen LogP contribution is 2.19. The minimum Gasteiger partial charge on any atom is -0.431 e. The summed E-state index contributed by atoms with van der Waals surface area (Å²) in [6, 6.07) is 64.3. The zero-order chi connectivity index (χ0) is 27.8. The Morgan fingerprint density at radius 3 is 0.976 bits per heavy atom. The summed E-state index contributed by atoms with van der Waals surface area (Å²) in [6.45, 7) is 0. The Balaban J connectivity index is 1.66. The molecule has 0 saturated carbocycles. The maximum atomic E-state index is 8.07. The second-order valence-electron chi connectivity index (χ2n) is 10.0. The van der Waals surface area contributed by atoms with Crippen molar-refractivity contribution in [3.63, 3.8) is 0 Å². The quantitative estimate of drug-likeness (QED) is 0.183. The first-order valence-electron chi connectivity index (χ1n) is 14.0. The summed E-state index contributed by atoms with van der Waals surface area (Å²) in [4.78, 5) is 0. The summed E-state index contributed by atoms with van der Waals surface area (Å²) < 4.78 is 15.5. The van der Waals surface area contributed by atoms with Crippen LogP contribution in [-0.4, -0.2) is 26.6 Å². The van der Waals surface area contributed by atoms with Crippen molar-refractivity contribution in [1.29, 1.82) is 0 Å². The van der Waals surface area contributed by atoms with Crippen LogP contribution >= 0.6 is 0 Å². The SMILES string of the molecule is c1ccc([SiH2]O[Si](O[Si](c2ccccc2)(c2ccccc2)c2ccccc2)(c2ccccc2)c2ccccc2)cc1. The molecule has 0 amide bonds. The van der Waals surface area contributed by atoms with Gasteiger partial charge in [-0.2, -0.15) is 0 Å². The van der Waals surface area contributed by atoms with Crippen molar-refractivity contribution in [1.82, 2.24) is 0 Å². The maximum Gasteiger partial charge on any atom is 0.387 e. The summed E-state index contributed by atoms with van der Waals surface area (Å²) >= 11 is 0. The third-order valence-corrected chi connectivity index (χ3v) is 18.4. The van der Waals surface area contributed by atoms with Crippen LogP contribution in [-0.2, 0) is 8.23 Å². The minimum atomic E-state index is -3.29. The van der Waals surface area contributed by atoms with Gasteiger partial charge in [-0.1, -0.05) is 182 Å². The van der Waals surface area contributed by atoms with Gasteiger partial charge in [-0.25, -0.2) is 0 Å². The van der Waals surface area contributed by atoms with Gasteiger partial charge in [0, 0.05) is 0 Å². The largest absolute Gasteiger partial charge is 0.431 e. The fourth-order valence-corrected chi connectivity index (χ4v) is 18.2. The second-order valence-corrected chi connectivity index (χ2v) is 18.6. The van der Waals surface area contributed by atoms with Gasteiger partial charge in [0.05, 0.1) is 0 Å². The van der Waals surface area contributed by atoms with Gasteiger partial charge in [-0.05, 0) is 31.1 Å². The fraction of sp³-hybridized carbons (Fsp3) is 0. The second kappa shape index (κ2) is 12.6. The summed E-state index contributed by atoms with van der Waals surface area (Å²) in [5.41, 5.74) is 0. The van der Waals surface area contributed by atoms with Crippen molar-refractivity contribution >= 4 is 57.8 Å². The fourth-order valence-electron chi connectivity index (χ4n) is 5.47. The third kappa shape index (κ3) is 5.59. The van der Waals surface area contributed by atoms with Crippen LogP contribution in [0.4, 0.5) is 0 Å². The lowest BCUT2D eigenvalue weighted by atomic mass is 10.3. The van der Waals surface area contributed by atoms with E-state index in [1.807, 2.05) is 0 Å². The van der Waals surface area contributed by atoms with Gasteiger partial charge in [0.25, 0.3) is 8.32 Å². The highest BCUT2D eigenvalue weighted by atomic mass is 28.5. The normalized spacial score (nSPS) is 12.0. The molecule has 41 heavy (non-hydrogen) atoms. The molecule has 0 N–H and O–H groups in total. The lowest BCUT2D eigenvalue weighted by Gasteiger charge is -2.43. The average molecular weight is 581 g/mol. The van der Waals surface area contributed by atoms with Crippen LogP contribution in [0.5, 0.6) is 0 Å². The molecule has 0 atom stereocenters. The number of benzene rings is 6. The van der Waals surface area contributed by atoms with Gasteiger partial charge in [0.15, 0.2) is 9.76 Å². The highest BCUT2D eigenvalue weighted by Gasteiger charge is 2.53. The summed E-state index contributed by atoms with van der Waals surface area (Å²) in [5.74, 6) is 0. The van der Waals surface area contributed by atoms with Crippen LogP contribution in [0, 0.1) is 0 Å². The van der Waals surface area contributed by atoms with Gasteiger partial charge in [0.2, 0.25) is 0 Å². The summed E-state index contributed by atoms with van der Waals surface area (Å²) in [7, 11) is -7.55. The molecule has 6 aromatic carbocycles. The molecule has 0 saturated heterocycles. The van der Waals surface area contributed by atoms with Crippen LogP contribution < -0.4 is 31.1 Å². The molecule has 6 aromatic rings. The Kier molecular flexibility index (Phi) is 8.32. The van der Waals surface area contributed by atoms with E-state index in [9.17, 15) is 0 Å². The summed E-state index contributed by atoms with van der Waals surface area (Å²) in [5, 5.41) is 7.10. The molecule has 0 aliphatic carbocycles. The van der Waals surface area contributed by atoms with Crippen molar-refractivity contribution in [3.05, 3.63) is 182 Å². The van der Waals surface area contributed by atoms with Gasteiger partial charge in [-0.15, -0.1) is 0 Å². The highest BCUT2D eigenvalue weighted by molar-refractivity contribution is 7.13.